The maximum absolute atomic E-state index is 12.2. The zero-order valence-electron chi connectivity index (χ0n) is 14.4. The van der Waals surface area contributed by atoms with Gasteiger partial charge in [-0.1, -0.05) is 11.6 Å². The molecule has 9 heteroatoms. The van der Waals surface area contributed by atoms with Gasteiger partial charge in [-0.2, -0.15) is 5.26 Å². The van der Waals surface area contributed by atoms with Crippen LogP contribution in [0.25, 0.3) is 0 Å². The molecule has 0 aliphatic carbocycles. The van der Waals surface area contributed by atoms with Gasteiger partial charge in [0.15, 0.2) is 6.10 Å². The van der Waals surface area contributed by atoms with Crippen LogP contribution in [0.4, 0.5) is 11.4 Å². The van der Waals surface area contributed by atoms with Crippen LogP contribution in [0, 0.1) is 28.4 Å². The third-order valence-corrected chi connectivity index (χ3v) is 3.95. The quantitative estimate of drug-likeness (QED) is 0.475. The van der Waals surface area contributed by atoms with Crippen LogP contribution in [0.1, 0.15) is 28.4 Å². The lowest BCUT2D eigenvalue weighted by Gasteiger charge is -2.14. The van der Waals surface area contributed by atoms with Gasteiger partial charge >= 0.3 is 5.97 Å². The van der Waals surface area contributed by atoms with E-state index in [1.54, 1.807) is 0 Å². The number of nitrogens with one attached hydrogen (secondary N) is 1. The van der Waals surface area contributed by atoms with Crippen LogP contribution < -0.4 is 5.32 Å². The Morgan fingerprint density at radius 1 is 1.30 bits per heavy atom. The fourth-order valence-corrected chi connectivity index (χ4v) is 2.42. The third kappa shape index (κ3) is 4.80. The number of amides is 1. The highest BCUT2D eigenvalue weighted by Crippen LogP contribution is 2.21. The molecule has 0 spiro atoms. The van der Waals surface area contributed by atoms with E-state index in [1.807, 2.05) is 6.07 Å². The second-order valence-electron chi connectivity index (χ2n) is 5.60. The molecule has 1 amide bonds. The maximum atomic E-state index is 12.2. The SMILES string of the molecule is Cc1cc(C(=O)OC(C)C(=O)Nc2ccc(C#N)c(Cl)c2)ccc1[N+](=O)[O-]. The summed E-state index contributed by atoms with van der Waals surface area (Å²) in [6, 6.07) is 10.1. The van der Waals surface area contributed by atoms with Gasteiger partial charge < -0.3 is 10.1 Å². The van der Waals surface area contributed by atoms with Crippen molar-refractivity contribution < 1.29 is 19.2 Å². The summed E-state index contributed by atoms with van der Waals surface area (Å²) in [6.07, 6.45) is -1.12. The Kier molecular flexibility index (Phi) is 6.11. The molecule has 27 heavy (non-hydrogen) atoms. The number of ether oxygens (including phenoxy) is 1. The molecule has 2 aromatic carbocycles. The average Bonchev–Trinajstić information content (AvgIpc) is 2.61. The molecular weight excluding hydrogens is 374 g/mol. The minimum absolute atomic E-state index is 0.0965. The summed E-state index contributed by atoms with van der Waals surface area (Å²) >= 11 is 5.90. The Labute approximate surface area is 159 Å². The predicted molar refractivity (Wildman–Crippen MR) is 97.5 cm³/mol. The molecule has 1 atom stereocenters. The molecule has 0 aromatic heterocycles. The lowest BCUT2D eigenvalue weighted by Crippen LogP contribution is -2.30. The standard InChI is InChI=1S/C18H14ClN3O5/c1-10-7-12(4-6-16(10)22(25)26)18(24)27-11(2)17(23)21-14-5-3-13(9-20)15(19)8-14/h3-8,11H,1-2H3,(H,21,23). The third-order valence-electron chi connectivity index (χ3n) is 3.64. The molecule has 0 radical (unpaired) electrons. The molecule has 0 bridgehead atoms. The first-order chi connectivity index (χ1) is 12.7. The number of anilines is 1. The molecule has 2 aromatic rings. The molecule has 0 aliphatic heterocycles. The van der Waals surface area contributed by atoms with Crippen molar-refractivity contribution in [3.63, 3.8) is 0 Å². The van der Waals surface area contributed by atoms with Crippen molar-refractivity contribution in [2.45, 2.75) is 20.0 Å². The Morgan fingerprint density at radius 3 is 2.56 bits per heavy atom. The number of rotatable bonds is 5. The molecule has 1 N–H and O–H groups in total. The number of aryl methyl sites for hydroxylation is 1. The van der Waals surface area contributed by atoms with Crippen molar-refractivity contribution in [1.82, 2.24) is 0 Å². The Balaban J connectivity index is 2.04. The van der Waals surface area contributed by atoms with Gasteiger partial charge in [-0.25, -0.2) is 4.79 Å². The van der Waals surface area contributed by atoms with Crippen molar-refractivity contribution in [1.29, 1.82) is 5.26 Å². The molecule has 0 heterocycles. The number of nitrogens with zero attached hydrogens (tertiary/aromatic N) is 2. The van der Waals surface area contributed by atoms with E-state index in [9.17, 15) is 19.7 Å². The average molecular weight is 388 g/mol. The zero-order valence-corrected chi connectivity index (χ0v) is 15.1. The predicted octanol–water partition coefficient (Wildman–Crippen LogP) is 3.61. The highest BCUT2D eigenvalue weighted by Gasteiger charge is 2.21. The number of nitro benzene ring substituents is 1. The van der Waals surface area contributed by atoms with E-state index in [0.717, 1.165) is 0 Å². The van der Waals surface area contributed by atoms with Crippen molar-refractivity contribution >= 4 is 34.9 Å². The second-order valence-corrected chi connectivity index (χ2v) is 6.01. The van der Waals surface area contributed by atoms with E-state index in [2.05, 4.69) is 5.32 Å². The Morgan fingerprint density at radius 2 is 2.00 bits per heavy atom. The van der Waals surface area contributed by atoms with Gasteiger partial charge in [0, 0.05) is 17.3 Å². The minimum atomic E-state index is -1.12. The second kappa shape index (κ2) is 8.29. The van der Waals surface area contributed by atoms with Crippen LogP contribution >= 0.6 is 11.6 Å². The first-order valence-electron chi connectivity index (χ1n) is 7.69. The van der Waals surface area contributed by atoms with Crippen LogP contribution in [0.15, 0.2) is 36.4 Å². The van der Waals surface area contributed by atoms with Gasteiger partial charge in [-0.05, 0) is 44.2 Å². The molecule has 0 aliphatic rings. The van der Waals surface area contributed by atoms with Crippen LogP contribution in [0.5, 0.6) is 0 Å². The summed E-state index contributed by atoms with van der Waals surface area (Å²) in [5.41, 5.74) is 0.897. The van der Waals surface area contributed by atoms with E-state index in [0.29, 0.717) is 11.3 Å². The normalized spacial score (nSPS) is 11.2. The topological polar surface area (TPSA) is 122 Å². The van der Waals surface area contributed by atoms with Crippen molar-refractivity contribution in [3.05, 3.63) is 68.2 Å². The Bertz CT molecular complexity index is 968. The van der Waals surface area contributed by atoms with Gasteiger partial charge in [0.05, 0.1) is 21.1 Å². The number of carbonyl (C=O) groups is 2. The highest BCUT2D eigenvalue weighted by atomic mass is 35.5. The lowest BCUT2D eigenvalue weighted by molar-refractivity contribution is -0.385. The van der Waals surface area contributed by atoms with E-state index in [1.165, 1.54) is 50.2 Å². The maximum Gasteiger partial charge on any atom is 0.338 e. The van der Waals surface area contributed by atoms with Crippen molar-refractivity contribution in [2.24, 2.45) is 0 Å². The van der Waals surface area contributed by atoms with Gasteiger partial charge in [0.25, 0.3) is 11.6 Å². The number of nitro groups is 1. The number of hydrogen-bond donors (Lipinski definition) is 1. The largest absolute Gasteiger partial charge is 0.449 e. The fourth-order valence-electron chi connectivity index (χ4n) is 2.20. The minimum Gasteiger partial charge on any atom is -0.449 e. The number of esters is 1. The number of nitriles is 1. The monoisotopic (exact) mass is 387 g/mol. The lowest BCUT2D eigenvalue weighted by atomic mass is 10.1. The zero-order chi connectivity index (χ0) is 20.1. The van der Waals surface area contributed by atoms with E-state index in [-0.39, 0.29) is 21.8 Å². The molecule has 0 saturated carbocycles. The van der Waals surface area contributed by atoms with E-state index in [4.69, 9.17) is 21.6 Å². The fraction of sp³-hybridized carbons (Fsp3) is 0.167. The van der Waals surface area contributed by atoms with Crippen LogP contribution in [-0.4, -0.2) is 22.9 Å². The first-order valence-corrected chi connectivity index (χ1v) is 8.07. The molecular formula is C18H14ClN3O5. The molecule has 0 saturated heterocycles. The number of hydrogen-bond acceptors (Lipinski definition) is 6. The smallest absolute Gasteiger partial charge is 0.338 e. The summed E-state index contributed by atoms with van der Waals surface area (Å²) in [7, 11) is 0. The van der Waals surface area contributed by atoms with E-state index < -0.39 is 22.9 Å². The molecule has 8 nitrogen and oxygen atoms in total. The summed E-state index contributed by atoms with van der Waals surface area (Å²) in [5, 5.41) is 22.4. The van der Waals surface area contributed by atoms with Crippen LogP contribution in [0.3, 0.4) is 0 Å². The van der Waals surface area contributed by atoms with Gasteiger partial charge in [0.2, 0.25) is 0 Å². The Hall–Kier alpha value is -3.44. The van der Waals surface area contributed by atoms with Gasteiger partial charge in [0.1, 0.15) is 6.07 Å². The van der Waals surface area contributed by atoms with Gasteiger partial charge in [-0.15, -0.1) is 0 Å². The summed E-state index contributed by atoms with van der Waals surface area (Å²) in [5.74, 6) is -1.38. The summed E-state index contributed by atoms with van der Waals surface area (Å²) in [6.45, 7) is 2.89. The summed E-state index contributed by atoms with van der Waals surface area (Å²) in [4.78, 5) is 34.6. The van der Waals surface area contributed by atoms with Gasteiger partial charge in [-0.3, -0.25) is 14.9 Å². The molecule has 138 valence electrons. The highest BCUT2D eigenvalue weighted by molar-refractivity contribution is 6.32. The van der Waals surface area contributed by atoms with Crippen molar-refractivity contribution in [3.8, 4) is 6.07 Å². The van der Waals surface area contributed by atoms with Crippen LogP contribution in [0.2, 0.25) is 5.02 Å². The van der Waals surface area contributed by atoms with Crippen LogP contribution in [-0.2, 0) is 9.53 Å². The molecule has 1 unspecified atom stereocenters. The number of halogens is 1. The number of carbonyl (C=O) groups excluding carboxylic acids is 2. The molecule has 0 fully saturated rings. The van der Waals surface area contributed by atoms with E-state index >= 15 is 0 Å². The van der Waals surface area contributed by atoms with Crippen molar-refractivity contribution in [2.75, 3.05) is 5.32 Å². The number of benzene rings is 2. The summed E-state index contributed by atoms with van der Waals surface area (Å²) < 4.78 is 5.09. The first kappa shape index (κ1) is 19.9. The molecule has 2 rings (SSSR count).